The van der Waals surface area contributed by atoms with Crippen LogP contribution in [0.25, 0.3) is 0 Å². The minimum Gasteiger partial charge on any atom is -0.376 e. The molecule has 1 aromatic rings. The number of nitrogens with two attached hydrogens (primary N) is 1. The number of hydrogen-bond acceptors (Lipinski definition) is 4. The van der Waals surface area contributed by atoms with Crippen molar-refractivity contribution in [1.82, 2.24) is 0 Å². The second-order valence-corrected chi connectivity index (χ2v) is 7.74. The summed E-state index contributed by atoms with van der Waals surface area (Å²) in [6.45, 7) is 1.55. The lowest BCUT2D eigenvalue weighted by Gasteiger charge is -2.03. The second kappa shape index (κ2) is 10.3. The first-order valence-corrected chi connectivity index (χ1v) is 9.78. The van der Waals surface area contributed by atoms with E-state index in [2.05, 4.69) is 11.4 Å². The molecule has 2 N–H and O–H groups in total. The Balaban J connectivity index is 1.79. The molecule has 1 rings (SSSR count). The first-order chi connectivity index (χ1) is 9.58. The Labute approximate surface area is 126 Å². The van der Waals surface area contributed by atoms with Crippen LogP contribution in [-0.2, 0) is 21.4 Å². The Morgan fingerprint density at radius 3 is 2.30 bits per heavy atom. The van der Waals surface area contributed by atoms with Gasteiger partial charge in [-0.3, -0.25) is 0 Å². The van der Waals surface area contributed by atoms with Crippen LogP contribution >= 0.6 is 11.3 Å². The monoisotopic (exact) mass is 319 g/mol. The summed E-state index contributed by atoms with van der Waals surface area (Å²) >= 11 is 1.73. The predicted molar refractivity (Wildman–Crippen MR) is 84.3 cm³/mol. The van der Waals surface area contributed by atoms with Gasteiger partial charge < -0.3 is 4.74 Å². The van der Waals surface area contributed by atoms with Gasteiger partial charge in [0, 0.05) is 11.5 Å². The average molecular weight is 319 g/mol. The van der Waals surface area contributed by atoms with E-state index in [-0.39, 0.29) is 5.75 Å². The summed E-state index contributed by atoms with van der Waals surface area (Å²) in [6, 6.07) is 4.13. The molecule has 6 heteroatoms. The summed E-state index contributed by atoms with van der Waals surface area (Å²) in [5.74, 6) is 0.115. The van der Waals surface area contributed by atoms with Crippen LogP contribution in [-0.4, -0.2) is 20.8 Å². The van der Waals surface area contributed by atoms with Crippen LogP contribution in [0.15, 0.2) is 17.5 Å². The Morgan fingerprint density at radius 1 is 1.05 bits per heavy atom. The Bertz CT molecular complexity index is 429. The maximum atomic E-state index is 10.7. The normalized spacial score (nSPS) is 11.8. The number of primary sulfonamides is 1. The molecule has 1 heterocycles. The maximum absolute atomic E-state index is 10.7. The lowest BCUT2D eigenvalue weighted by atomic mass is 10.1. The number of rotatable bonds is 12. The predicted octanol–water partition coefficient (Wildman–Crippen LogP) is 3.28. The third-order valence-electron chi connectivity index (χ3n) is 3.04. The highest BCUT2D eigenvalue weighted by Crippen LogP contribution is 2.11. The summed E-state index contributed by atoms with van der Waals surface area (Å²) in [4.78, 5) is 1.28. The van der Waals surface area contributed by atoms with Gasteiger partial charge >= 0.3 is 0 Å². The fraction of sp³-hybridized carbons (Fsp3) is 0.714. The summed E-state index contributed by atoms with van der Waals surface area (Å²) in [5.41, 5.74) is 0. The molecule has 0 atom stereocenters. The van der Waals surface area contributed by atoms with Gasteiger partial charge in [0.15, 0.2) is 0 Å². The average Bonchev–Trinajstić information content (AvgIpc) is 2.87. The van der Waals surface area contributed by atoms with Crippen LogP contribution in [0.3, 0.4) is 0 Å². The van der Waals surface area contributed by atoms with Gasteiger partial charge in [-0.15, -0.1) is 11.3 Å². The van der Waals surface area contributed by atoms with Crippen LogP contribution in [0.5, 0.6) is 0 Å². The molecule has 0 radical (unpaired) electrons. The first-order valence-electron chi connectivity index (χ1n) is 7.18. The molecule has 0 saturated carbocycles. The second-order valence-electron chi connectivity index (χ2n) is 4.97. The molecule has 0 aliphatic carbocycles. The quantitative estimate of drug-likeness (QED) is 0.601. The van der Waals surface area contributed by atoms with E-state index >= 15 is 0 Å². The van der Waals surface area contributed by atoms with E-state index in [0.29, 0.717) is 6.42 Å². The molecule has 0 aromatic carbocycles. The van der Waals surface area contributed by atoms with E-state index in [1.54, 1.807) is 11.3 Å². The molecule has 0 aliphatic heterocycles. The largest absolute Gasteiger partial charge is 0.376 e. The number of hydrogen-bond donors (Lipinski definition) is 1. The summed E-state index contributed by atoms with van der Waals surface area (Å²) in [7, 11) is -3.27. The maximum Gasteiger partial charge on any atom is 0.209 e. The fourth-order valence-corrected chi connectivity index (χ4v) is 3.21. The Kier molecular flexibility index (Phi) is 9.09. The van der Waals surface area contributed by atoms with Gasteiger partial charge in [0.2, 0.25) is 10.0 Å². The molecule has 116 valence electrons. The summed E-state index contributed by atoms with van der Waals surface area (Å²) in [5, 5.41) is 7.00. The first kappa shape index (κ1) is 17.6. The van der Waals surface area contributed by atoms with Gasteiger partial charge in [0.25, 0.3) is 0 Å². The number of sulfonamides is 1. The van der Waals surface area contributed by atoms with Gasteiger partial charge in [0.05, 0.1) is 12.4 Å². The van der Waals surface area contributed by atoms with Gasteiger partial charge in [-0.05, 0) is 24.3 Å². The lowest BCUT2D eigenvalue weighted by molar-refractivity contribution is 0.118. The van der Waals surface area contributed by atoms with E-state index < -0.39 is 10.0 Å². The van der Waals surface area contributed by atoms with Crippen molar-refractivity contribution < 1.29 is 13.2 Å². The summed E-state index contributed by atoms with van der Waals surface area (Å²) < 4.78 is 27.0. The minimum absolute atomic E-state index is 0.115. The van der Waals surface area contributed by atoms with Crippen molar-refractivity contribution in [1.29, 1.82) is 0 Å². The molecule has 0 spiro atoms. The van der Waals surface area contributed by atoms with E-state index in [4.69, 9.17) is 9.88 Å². The zero-order valence-corrected chi connectivity index (χ0v) is 13.6. The molecule has 0 unspecified atom stereocenters. The number of thiophene rings is 1. The van der Waals surface area contributed by atoms with Crippen molar-refractivity contribution >= 4 is 21.4 Å². The molecular formula is C14H25NO3S2. The van der Waals surface area contributed by atoms with Gasteiger partial charge in [0.1, 0.15) is 0 Å². The van der Waals surface area contributed by atoms with Crippen LogP contribution in [0, 0.1) is 0 Å². The molecule has 4 nitrogen and oxygen atoms in total. The van der Waals surface area contributed by atoms with Crippen LogP contribution < -0.4 is 5.14 Å². The highest BCUT2D eigenvalue weighted by atomic mass is 32.2. The molecule has 0 fully saturated rings. The van der Waals surface area contributed by atoms with Gasteiger partial charge in [-0.25, -0.2) is 13.6 Å². The van der Waals surface area contributed by atoms with E-state index in [1.165, 1.54) is 17.7 Å². The minimum atomic E-state index is -3.27. The third-order valence-corrected chi connectivity index (χ3v) is 4.75. The topological polar surface area (TPSA) is 69.4 Å². The van der Waals surface area contributed by atoms with E-state index in [1.807, 2.05) is 6.07 Å². The Morgan fingerprint density at radius 2 is 1.70 bits per heavy atom. The molecule has 1 aromatic heterocycles. The van der Waals surface area contributed by atoms with Gasteiger partial charge in [-0.1, -0.05) is 38.2 Å². The van der Waals surface area contributed by atoms with Crippen LogP contribution in [0.2, 0.25) is 0 Å². The standard InChI is InChI=1S/C14H25NO3S2/c15-20(16,17)12-7-5-3-1-2-4-6-10-18-13-14-9-8-11-19-14/h8-9,11H,1-7,10,12-13H2,(H2,15,16,17). The highest BCUT2D eigenvalue weighted by molar-refractivity contribution is 7.89. The summed E-state index contributed by atoms with van der Waals surface area (Å²) in [6.07, 6.45) is 7.36. The molecule has 20 heavy (non-hydrogen) atoms. The molecule has 0 saturated heterocycles. The van der Waals surface area contributed by atoms with Crippen molar-refractivity contribution in [2.75, 3.05) is 12.4 Å². The molecule has 0 aliphatic rings. The zero-order valence-electron chi connectivity index (χ0n) is 11.9. The molecular weight excluding hydrogens is 294 g/mol. The smallest absolute Gasteiger partial charge is 0.209 e. The van der Waals surface area contributed by atoms with E-state index in [9.17, 15) is 8.42 Å². The fourth-order valence-electron chi connectivity index (χ4n) is 1.96. The molecule has 0 bridgehead atoms. The van der Waals surface area contributed by atoms with Crippen molar-refractivity contribution in [3.63, 3.8) is 0 Å². The van der Waals surface area contributed by atoms with Crippen molar-refractivity contribution in [3.05, 3.63) is 22.4 Å². The Hall–Kier alpha value is -0.430. The number of ether oxygens (including phenoxy) is 1. The zero-order chi connectivity index (χ0) is 14.7. The van der Waals surface area contributed by atoms with Crippen LogP contribution in [0.4, 0.5) is 0 Å². The SMILES string of the molecule is NS(=O)(=O)CCCCCCCCCOCc1cccs1. The third kappa shape index (κ3) is 10.4. The van der Waals surface area contributed by atoms with Crippen molar-refractivity contribution in [3.8, 4) is 0 Å². The molecule has 0 amide bonds. The lowest BCUT2D eigenvalue weighted by Crippen LogP contribution is -2.16. The highest BCUT2D eigenvalue weighted by Gasteiger charge is 2.01. The van der Waals surface area contributed by atoms with Crippen molar-refractivity contribution in [2.45, 2.75) is 51.6 Å². The van der Waals surface area contributed by atoms with Crippen molar-refractivity contribution in [2.24, 2.45) is 5.14 Å². The van der Waals surface area contributed by atoms with E-state index in [0.717, 1.165) is 38.9 Å². The van der Waals surface area contributed by atoms with Crippen LogP contribution in [0.1, 0.15) is 49.8 Å². The number of unbranched alkanes of at least 4 members (excludes halogenated alkanes) is 6. The van der Waals surface area contributed by atoms with Gasteiger partial charge in [-0.2, -0.15) is 0 Å².